The van der Waals surface area contributed by atoms with Gasteiger partial charge in [-0.25, -0.2) is 9.78 Å². The molecule has 1 fully saturated rings. The van der Waals surface area contributed by atoms with Crippen LogP contribution in [0.25, 0.3) is 5.65 Å². The van der Waals surface area contributed by atoms with Gasteiger partial charge in [0, 0.05) is 36.1 Å². The maximum absolute atomic E-state index is 13.0. The molecule has 0 spiro atoms. The fraction of sp³-hybridized carbons (Fsp3) is 0.278. The minimum Gasteiger partial charge on any atom is -0.369 e. The van der Waals surface area contributed by atoms with Crippen LogP contribution < -0.4 is 11.1 Å². The van der Waals surface area contributed by atoms with Gasteiger partial charge < -0.3 is 16.0 Å². The lowest BCUT2D eigenvalue weighted by Crippen LogP contribution is -2.65. The lowest BCUT2D eigenvalue weighted by molar-refractivity contribution is -0.144. The Morgan fingerprint density at radius 1 is 1.24 bits per heavy atom. The van der Waals surface area contributed by atoms with E-state index in [2.05, 4.69) is 15.4 Å². The summed E-state index contributed by atoms with van der Waals surface area (Å²) < 4.78 is 40.1. The van der Waals surface area contributed by atoms with Gasteiger partial charge in [0.25, 0.3) is 5.82 Å². The molecule has 152 valence electrons. The third-order valence-corrected chi connectivity index (χ3v) is 5.17. The summed E-state index contributed by atoms with van der Waals surface area (Å²) in [5.74, 6) is -0.979. The van der Waals surface area contributed by atoms with Crippen LogP contribution in [-0.2, 0) is 11.6 Å². The number of anilines is 1. The molecule has 0 atom stereocenters. The molecule has 2 amide bonds. The number of hydrogen-bond donors (Lipinski definition) is 2. The van der Waals surface area contributed by atoms with Crippen LogP contribution in [0.15, 0.2) is 42.5 Å². The zero-order valence-corrected chi connectivity index (χ0v) is 15.7. The Morgan fingerprint density at radius 2 is 1.93 bits per heavy atom. The summed E-state index contributed by atoms with van der Waals surface area (Å²) in [6.07, 6.45) is -4.67. The second kappa shape index (κ2) is 6.80. The Hall–Kier alpha value is -3.01. The molecule has 1 aromatic carbocycles. The molecule has 1 saturated heterocycles. The number of urea groups is 1. The first-order chi connectivity index (χ1) is 13.7. The van der Waals surface area contributed by atoms with Crippen molar-refractivity contribution in [2.75, 3.05) is 25.0 Å². The molecular formula is C18H16ClF3N6O. The highest BCUT2D eigenvalue weighted by Crippen LogP contribution is 2.35. The van der Waals surface area contributed by atoms with Crippen LogP contribution in [0.1, 0.15) is 11.4 Å². The van der Waals surface area contributed by atoms with E-state index in [9.17, 15) is 18.0 Å². The van der Waals surface area contributed by atoms with Gasteiger partial charge in [0.05, 0.1) is 0 Å². The lowest BCUT2D eigenvalue weighted by Gasteiger charge is -2.50. The van der Waals surface area contributed by atoms with Crippen molar-refractivity contribution in [1.29, 1.82) is 0 Å². The Balaban J connectivity index is 1.65. The first-order valence-corrected chi connectivity index (χ1v) is 9.03. The van der Waals surface area contributed by atoms with E-state index >= 15 is 0 Å². The number of carbonyl (C=O) groups is 1. The number of likely N-dealkylation sites (tertiary alicyclic amines) is 1. The maximum atomic E-state index is 13.0. The van der Waals surface area contributed by atoms with Crippen LogP contribution in [0.3, 0.4) is 0 Å². The normalized spacial score (nSPS) is 15.9. The largest absolute Gasteiger partial charge is 0.453 e. The second-order valence-electron chi connectivity index (χ2n) is 6.96. The van der Waals surface area contributed by atoms with Crippen molar-refractivity contribution >= 4 is 29.1 Å². The van der Waals surface area contributed by atoms with E-state index < -0.39 is 23.4 Å². The third kappa shape index (κ3) is 3.55. The van der Waals surface area contributed by atoms with Crippen LogP contribution in [0.5, 0.6) is 0 Å². The molecule has 7 nitrogen and oxygen atoms in total. The molecule has 4 rings (SSSR count). The number of nitrogens with zero attached hydrogens (tertiary/aromatic N) is 4. The van der Waals surface area contributed by atoms with Gasteiger partial charge in [0.15, 0.2) is 5.65 Å². The van der Waals surface area contributed by atoms with Gasteiger partial charge in [-0.1, -0.05) is 41.9 Å². The molecule has 3 aromatic rings. The number of alkyl halides is 3. The summed E-state index contributed by atoms with van der Waals surface area (Å²) >= 11 is 6.06. The van der Waals surface area contributed by atoms with Gasteiger partial charge in [-0.05, 0) is 11.6 Å². The maximum Gasteiger partial charge on any atom is 0.453 e. The third-order valence-electron chi connectivity index (χ3n) is 4.95. The molecule has 0 bridgehead atoms. The van der Waals surface area contributed by atoms with E-state index in [0.29, 0.717) is 19.6 Å². The van der Waals surface area contributed by atoms with E-state index in [0.717, 1.165) is 10.1 Å². The van der Waals surface area contributed by atoms with Gasteiger partial charge in [-0.3, -0.25) is 0 Å². The molecule has 2 aromatic heterocycles. The lowest BCUT2D eigenvalue weighted by atomic mass is 9.73. The number of pyridine rings is 1. The van der Waals surface area contributed by atoms with Gasteiger partial charge in [-0.2, -0.15) is 17.7 Å². The van der Waals surface area contributed by atoms with Gasteiger partial charge >= 0.3 is 12.2 Å². The molecule has 0 aliphatic carbocycles. The minimum absolute atomic E-state index is 0.0199. The van der Waals surface area contributed by atoms with Crippen molar-refractivity contribution in [2.24, 2.45) is 5.73 Å². The number of amides is 2. The summed E-state index contributed by atoms with van der Waals surface area (Å²) in [7, 11) is 0. The highest BCUT2D eigenvalue weighted by atomic mass is 35.5. The molecule has 11 heteroatoms. The summed E-state index contributed by atoms with van der Waals surface area (Å²) in [6, 6.07) is 11.8. The van der Waals surface area contributed by atoms with E-state index in [1.54, 1.807) is 0 Å². The average Bonchev–Trinajstić information content (AvgIpc) is 3.05. The number of hydrogen-bond acceptors (Lipinski definition) is 4. The van der Waals surface area contributed by atoms with Gasteiger partial charge in [-0.15, -0.1) is 5.10 Å². The van der Waals surface area contributed by atoms with E-state index in [1.165, 1.54) is 17.0 Å². The number of aromatic nitrogens is 3. The molecular weight excluding hydrogens is 409 g/mol. The first-order valence-electron chi connectivity index (χ1n) is 8.65. The topological polar surface area (TPSA) is 88.5 Å². The number of nitrogens with two attached hydrogens (primary N) is 1. The monoisotopic (exact) mass is 424 g/mol. The number of halogens is 4. The number of carbonyl (C=O) groups excluding carboxylic acids is 1. The minimum atomic E-state index is -4.67. The SMILES string of the molecule is NC(=O)N1CC(CNc2cc(Cl)cc3nc(C(F)(F)F)nn23)(c2ccccc2)C1. The van der Waals surface area contributed by atoms with E-state index in [-0.39, 0.29) is 16.5 Å². The van der Waals surface area contributed by atoms with Crippen LogP contribution in [-0.4, -0.2) is 45.2 Å². The first kappa shape index (κ1) is 19.3. The van der Waals surface area contributed by atoms with E-state index in [1.807, 2.05) is 30.3 Å². The van der Waals surface area contributed by atoms with Crippen molar-refractivity contribution in [1.82, 2.24) is 19.5 Å². The quantitative estimate of drug-likeness (QED) is 0.673. The van der Waals surface area contributed by atoms with Crippen molar-refractivity contribution in [3.05, 3.63) is 58.9 Å². The van der Waals surface area contributed by atoms with Crippen LogP contribution in [0.2, 0.25) is 5.02 Å². The molecule has 29 heavy (non-hydrogen) atoms. The summed E-state index contributed by atoms with van der Waals surface area (Å²) in [6.45, 7) is 1.10. The Labute approximate surface area is 168 Å². The number of fused-ring (bicyclic) bond motifs is 1. The van der Waals surface area contributed by atoms with Crippen molar-refractivity contribution in [2.45, 2.75) is 11.6 Å². The fourth-order valence-electron chi connectivity index (χ4n) is 3.49. The molecule has 3 N–H and O–H groups in total. The van der Waals surface area contributed by atoms with Crippen LogP contribution >= 0.6 is 11.6 Å². The Kier molecular flexibility index (Phi) is 4.53. The zero-order chi connectivity index (χ0) is 20.8. The Bertz CT molecular complexity index is 1060. The number of primary amides is 1. The molecule has 1 aliphatic rings. The smallest absolute Gasteiger partial charge is 0.369 e. The van der Waals surface area contributed by atoms with Crippen molar-refractivity contribution < 1.29 is 18.0 Å². The second-order valence-corrected chi connectivity index (χ2v) is 7.39. The number of benzene rings is 1. The fourth-order valence-corrected chi connectivity index (χ4v) is 3.69. The van der Waals surface area contributed by atoms with Crippen molar-refractivity contribution in [3.8, 4) is 0 Å². The molecule has 1 aliphatic heterocycles. The molecule has 3 heterocycles. The predicted molar refractivity (Wildman–Crippen MR) is 101 cm³/mol. The zero-order valence-electron chi connectivity index (χ0n) is 14.9. The van der Waals surface area contributed by atoms with Crippen molar-refractivity contribution in [3.63, 3.8) is 0 Å². The summed E-state index contributed by atoms with van der Waals surface area (Å²) in [5, 5.41) is 6.91. The molecule has 0 saturated carbocycles. The number of rotatable bonds is 4. The predicted octanol–water partition coefficient (Wildman–Crippen LogP) is 3.15. The molecule has 0 unspecified atom stereocenters. The molecule has 0 radical (unpaired) electrons. The standard InChI is InChI=1S/C18H16ClF3N6O/c19-12-6-13(28-14(7-12)25-15(26-28)18(20,21)22)24-8-17(9-27(10-17)16(23)29)11-4-2-1-3-5-11/h1-7,24H,8-10H2,(H2,23,29). The van der Waals surface area contributed by atoms with Crippen LogP contribution in [0.4, 0.5) is 23.8 Å². The highest BCUT2D eigenvalue weighted by molar-refractivity contribution is 6.31. The number of nitrogens with one attached hydrogen (secondary N) is 1. The van der Waals surface area contributed by atoms with E-state index in [4.69, 9.17) is 17.3 Å². The summed E-state index contributed by atoms with van der Waals surface area (Å²) in [4.78, 5) is 16.5. The van der Waals surface area contributed by atoms with Gasteiger partial charge in [0.1, 0.15) is 5.82 Å². The highest BCUT2D eigenvalue weighted by Gasteiger charge is 2.46. The average molecular weight is 425 g/mol. The summed E-state index contributed by atoms with van der Waals surface area (Å²) in [5.41, 5.74) is 5.88. The Morgan fingerprint density at radius 3 is 2.55 bits per heavy atom. The van der Waals surface area contributed by atoms with Gasteiger partial charge in [0.2, 0.25) is 0 Å². The van der Waals surface area contributed by atoms with Crippen LogP contribution in [0, 0.1) is 0 Å².